The van der Waals surface area contributed by atoms with Crippen molar-refractivity contribution in [3.63, 3.8) is 0 Å². The molecule has 4 heteroatoms. The molecule has 0 N–H and O–H groups in total. The Labute approximate surface area is 148 Å². The van der Waals surface area contributed by atoms with Crippen molar-refractivity contribution in [2.75, 3.05) is 7.05 Å². The van der Waals surface area contributed by atoms with Gasteiger partial charge in [-0.05, 0) is 61.6 Å². The number of allylic oxidation sites excluding steroid dienone is 2. The molecule has 3 heterocycles. The molecular formula is C21H23N3O. The number of nitrogens with zero attached hydrogens (tertiary/aromatic N) is 3. The normalized spacial score (nSPS) is 36.2. The summed E-state index contributed by atoms with van der Waals surface area (Å²) in [4.78, 5) is 23.7. The zero-order valence-corrected chi connectivity index (χ0v) is 14.6. The molecular weight excluding hydrogens is 310 g/mol. The van der Waals surface area contributed by atoms with Gasteiger partial charge in [-0.2, -0.15) is 0 Å². The minimum absolute atomic E-state index is 0.0283. The Balaban J connectivity index is 1.55. The number of aliphatic imine (C=N–C) groups is 1. The molecule has 2 aliphatic heterocycles. The highest BCUT2D eigenvalue weighted by Gasteiger charge is 2.43. The van der Waals surface area contributed by atoms with Gasteiger partial charge in [0.05, 0.1) is 0 Å². The fourth-order valence-electron chi connectivity index (χ4n) is 5.46. The molecule has 4 fully saturated rings. The molecule has 2 saturated heterocycles. The lowest BCUT2D eigenvalue weighted by molar-refractivity contribution is -0.108. The average molecular weight is 333 g/mol. The lowest BCUT2D eigenvalue weighted by Crippen LogP contribution is -2.34. The van der Waals surface area contributed by atoms with Gasteiger partial charge in [-0.15, -0.1) is 0 Å². The number of pyridine rings is 1. The lowest BCUT2D eigenvalue weighted by atomic mass is 9.68. The summed E-state index contributed by atoms with van der Waals surface area (Å²) in [6.07, 6.45) is 15.6. The van der Waals surface area contributed by atoms with Crippen LogP contribution in [0.4, 0.5) is 0 Å². The summed E-state index contributed by atoms with van der Waals surface area (Å²) in [7, 11) is 2.22. The van der Waals surface area contributed by atoms with E-state index in [-0.39, 0.29) is 5.78 Å². The molecule has 0 amide bonds. The smallest absolute Gasteiger partial charge is 0.204 e. The first kappa shape index (κ1) is 15.1. The number of fused-ring (bicyclic) bond motifs is 2. The summed E-state index contributed by atoms with van der Waals surface area (Å²) in [5.41, 5.74) is 3.71. The quantitative estimate of drug-likeness (QED) is 0.791. The Morgan fingerprint density at radius 3 is 2.76 bits per heavy atom. The van der Waals surface area contributed by atoms with Crippen molar-refractivity contribution in [3.8, 4) is 0 Å². The predicted octanol–water partition coefficient (Wildman–Crippen LogP) is 3.45. The van der Waals surface area contributed by atoms with Crippen LogP contribution in [0.15, 0.2) is 41.4 Å². The third kappa shape index (κ3) is 2.46. The van der Waals surface area contributed by atoms with Crippen LogP contribution in [0.25, 0.3) is 6.08 Å². The molecule has 2 atom stereocenters. The number of aromatic nitrogens is 1. The SMILES string of the molecule is CN1/C(=C/N=C2\C(=O)C=Cc3ccncc32)C2CC3CC(C2)CC1C3. The maximum Gasteiger partial charge on any atom is 0.204 e. The van der Waals surface area contributed by atoms with Gasteiger partial charge in [-0.25, -0.2) is 0 Å². The van der Waals surface area contributed by atoms with Crippen molar-refractivity contribution in [1.82, 2.24) is 9.88 Å². The van der Waals surface area contributed by atoms with E-state index in [0.29, 0.717) is 17.7 Å². The first-order valence-corrected chi connectivity index (χ1v) is 9.36. The third-order valence-electron chi connectivity index (χ3n) is 6.57. The topological polar surface area (TPSA) is 45.6 Å². The molecule has 0 aromatic carbocycles. The van der Waals surface area contributed by atoms with Gasteiger partial charge in [0.15, 0.2) is 0 Å². The van der Waals surface area contributed by atoms with E-state index in [1.165, 1.54) is 37.8 Å². The molecule has 128 valence electrons. The van der Waals surface area contributed by atoms with E-state index >= 15 is 0 Å². The third-order valence-corrected chi connectivity index (χ3v) is 6.57. The van der Waals surface area contributed by atoms with E-state index in [1.54, 1.807) is 18.5 Å². The summed E-state index contributed by atoms with van der Waals surface area (Å²) >= 11 is 0. The molecule has 2 saturated carbocycles. The lowest BCUT2D eigenvalue weighted by Gasteiger charge is -2.38. The molecule has 25 heavy (non-hydrogen) atoms. The molecule has 0 radical (unpaired) electrons. The minimum Gasteiger partial charge on any atom is -0.373 e. The average Bonchev–Trinajstić information content (AvgIpc) is 2.75. The van der Waals surface area contributed by atoms with Crippen molar-refractivity contribution in [2.45, 2.75) is 38.1 Å². The fourth-order valence-corrected chi connectivity index (χ4v) is 5.46. The van der Waals surface area contributed by atoms with Gasteiger partial charge in [0.2, 0.25) is 5.78 Å². The van der Waals surface area contributed by atoms with Crippen molar-refractivity contribution in [3.05, 3.63) is 47.6 Å². The van der Waals surface area contributed by atoms with E-state index in [1.807, 2.05) is 18.3 Å². The predicted molar refractivity (Wildman–Crippen MR) is 98.0 cm³/mol. The van der Waals surface area contributed by atoms with Gasteiger partial charge in [0.25, 0.3) is 0 Å². The van der Waals surface area contributed by atoms with Gasteiger partial charge in [0, 0.05) is 48.9 Å². The number of ketones is 1. The molecule has 2 unspecified atom stereocenters. The van der Waals surface area contributed by atoms with Gasteiger partial charge >= 0.3 is 0 Å². The number of hydrogen-bond donors (Lipinski definition) is 0. The van der Waals surface area contributed by atoms with Crippen LogP contribution in [0, 0.1) is 17.8 Å². The molecule has 0 spiro atoms. The number of carbonyl (C=O) groups excluding carboxylic acids is 1. The van der Waals surface area contributed by atoms with Crippen LogP contribution in [0.5, 0.6) is 0 Å². The van der Waals surface area contributed by atoms with Crippen LogP contribution in [-0.2, 0) is 4.79 Å². The summed E-state index contributed by atoms with van der Waals surface area (Å²) in [5, 5.41) is 0. The summed E-state index contributed by atoms with van der Waals surface area (Å²) < 4.78 is 0. The maximum atomic E-state index is 12.4. The zero-order chi connectivity index (χ0) is 17.0. The fraction of sp³-hybridized carbons (Fsp3) is 0.476. The van der Waals surface area contributed by atoms with Crippen LogP contribution in [0.1, 0.15) is 43.2 Å². The van der Waals surface area contributed by atoms with Crippen LogP contribution in [0.2, 0.25) is 0 Å². The van der Waals surface area contributed by atoms with Gasteiger partial charge in [0.1, 0.15) is 5.71 Å². The minimum atomic E-state index is -0.0283. The largest absolute Gasteiger partial charge is 0.373 e. The summed E-state index contributed by atoms with van der Waals surface area (Å²) in [6, 6.07) is 2.58. The highest BCUT2D eigenvalue weighted by atomic mass is 16.1. The molecule has 4 bridgehead atoms. The molecule has 1 aromatic rings. The summed E-state index contributed by atoms with van der Waals surface area (Å²) in [6.45, 7) is 0. The second-order valence-electron chi connectivity index (χ2n) is 8.06. The Morgan fingerprint density at radius 2 is 1.96 bits per heavy atom. The highest BCUT2D eigenvalue weighted by Crippen LogP contribution is 2.50. The molecule has 4 nitrogen and oxygen atoms in total. The van der Waals surface area contributed by atoms with E-state index in [0.717, 1.165) is 23.0 Å². The van der Waals surface area contributed by atoms with E-state index in [9.17, 15) is 4.79 Å². The van der Waals surface area contributed by atoms with Gasteiger partial charge < -0.3 is 4.90 Å². The van der Waals surface area contributed by atoms with E-state index < -0.39 is 0 Å². The molecule has 6 rings (SSSR count). The molecule has 1 aromatic heterocycles. The Bertz CT molecular complexity index is 808. The van der Waals surface area contributed by atoms with Crippen molar-refractivity contribution in [2.24, 2.45) is 22.7 Å². The van der Waals surface area contributed by atoms with Gasteiger partial charge in [-0.3, -0.25) is 14.8 Å². The summed E-state index contributed by atoms with van der Waals surface area (Å²) in [5.74, 6) is 2.34. The number of rotatable bonds is 1. The van der Waals surface area contributed by atoms with Crippen LogP contribution in [-0.4, -0.2) is 34.5 Å². The van der Waals surface area contributed by atoms with Crippen molar-refractivity contribution in [1.29, 1.82) is 0 Å². The first-order chi connectivity index (χ1) is 12.2. The Morgan fingerprint density at radius 1 is 1.16 bits per heavy atom. The number of carbonyl (C=O) groups is 1. The molecule has 3 aliphatic carbocycles. The number of hydrogen-bond acceptors (Lipinski definition) is 4. The van der Waals surface area contributed by atoms with Crippen molar-refractivity contribution < 1.29 is 4.79 Å². The van der Waals surface area contributed by atoms with Crippen molar-refractivity contribution >= 4 is 17.6 Å². The van der Waals surface area contributed by atoms with Gasteiger partial charge in [-0.1, -0.05) is 6.08 Å². The maximum absolute atomic E-state index is 12.4. The van der Waals surface area contributed by atoms with Crippen LogP contribution in [0.3, 0.4) is 0 Å². The van der Waals surface area contributed by atoms with Crippen LogP contribution >= 0.6 is 0 Å². The van der Waals surface area contributed by atoms with Crippen LogP contribution < -0.4 is 0 Å². The Hall–Kier alpha value is -2.23. The first-order valence-electron chi connectivity index (χ1n) is 9.36. The Kier molecular flexibility index (Phi) is 3.40. The monoisotopic (exact) mass is 333 g/mol. The van der Waals surface area contributed by atoms with E-state index in [4.69, 9.17) is 4.99 Å². The second-order valence-corrected chi connectivity index (χ2v) is 8.06. The standard InChI is InChI=1S/C21H23N3O/c1-24-17-9-13-6-14(10-17)8-16(7-13)19(24)12-23-21-18-11-22-5-4-15(18)2-3-20(21)25/h2-5,11-14,16-17H,6-10H2,1H3/b19-12+,23-21-. The molecule has 5 aliphatic rings. The zero-order valence-electron chi connectivity index (χ0n) is 14.6. The van der Waals surface area contributed by atoms with E-state index in [2.05, 4.69) is 16.9 Å². The second kappa shape index (κ2) is 5.65. The highest BCUT2D eigenvalue weighted by molar-refractivity contribution is 6.52.